The second kappa shape index (κ2) is 20.9. The summed E-state index contributed by atoms with van der Waals surface area (Å²) in [4.78, 5) is 66.2. The number of nitrogens with one attached hydrogen (secondary N) is 4. The molecule has 0 atom stereocenters. The Labute approximate surface area is 326 Å². The fourth-order valence-corrected chi connectivity index (χ4v) is 7.40. The highest BCUT2D eigenvalue weighted by Gasteiger charge is 2.20. The minimum absolute atomic E-state index is 0.0439. The van der Waals surface area contributed by atoms with Gasteiger partial charge in [-0.2, -0.15) is 0 Å². The van der Waals surface area contributed by atoms with Gasteiger partial charge in [0.05, 0.1) is 28.9 Å². The third-order valence-electron chi connectivity index (χ3n) is 7.67. The number of hydrogen-bond acceptors (Lipinski definition) is 10. The summed E-state index contributed by atoms with van der Waals surface area (Å²) in [5.41, 5.74) is 1.59. The lowest BCUT2D eigenvalue weighted by molar-refractivity contribution is -0.146. The zero-order valence-corrected chi connectivity index (χ0v) is 31.5. The zero-order chi connectivity index (χ0) is 38.1. The predicted molar refractivity (Wildman–Crippen MR) is 210 cm³/mol. The lowest BCUT2D eigenvalue weighted by Crippen LogP contribution is -2.30. The highest BCUT2D eigenvalue weighted by atomic mass is 35.5. The van der Waals surface area contributed by atoms with E-state index in [0.29, 0.717) is 29.3 Å². The van der Waals surface area contributed by atoms with Crippen LogP contribution in [0.15, 0.2) is 107 Å². The molecular formula is C39H39ClN4O8S2. The largest absolute Gasteiger partial charge is 0.483 e. The maximum absolute atomic E-state index is 13.1. The van der Waals surface area contributed by atoms with Crippen LogP contribution in [0.1, 0.15) is 33.6 Å². The minimum atomic E-state index is -0.563. The Morgan fingerprint density at radius 1 is 0.667 bits per heavy atom. The highest BCUT2D eigenvalue weighted by Crippen LogP contribution is 2.32. The first kappa shape index (κ1) is 40.0. The normalized spacial score (nSPS) is 15.6. The molecule has 4 aromatic carbocycles. The van der Waals surface area contributed by atoms with Crippen molar-refractivity contribution in [2.45, 2.75) is 28.7 Å². The molecule has 4 aromatic rings. The summed E-state index contributed by atoms with van der Waals surface area (Å²) in [7, 11) is 0. The first-order valence-corrected chi connectivity index (χ1v) is 19.6. The van der Waals surface area contributed by atoms with Crippen molar-refractivity contribution < 1.29 is 38.2 Å². The van der Waals surface area contributed by atoms with Crippen LogP contribution in [0.3, 0.4) is 0 Å². The molecule has 0 aromatic heterocycles. The summed E-state index contributed by atoms with van der Waals surface area (Å²) in [6, 6.07) is 27.7. The molecule has 0 saturated carbocycles. The van der Waals surface area contributed by atoms with E-state index in [9.17, 15) is 24.0 Å². The second-order valence-corrected chi connectivity index (χ2v) is 14.2. The molecule has 1 aliphatic rings. The number of halogens is 1. The molecule has 0 saturated heterocycles. The van der Waals surface area contributed by atoms with E-state index in [2.05, 4.69) is 21.3 Å². The minimum Gasteiger partial charge on any atom is -0.483 e. The number of alkyl halides is 1. The molecule has 4 amide bonds. The number of anilines is 2. The van der Waals surface area contributed by atoms with Gasteiger partial charge in [-0.05, 0) is 55.0 Å². The summed E-state index contributed by atoms with van der Waals surface area (Å²) in [5, 5.41) is 11.4. The van der Waals surface area contributed by atoms with Crippen molar-refractivity contribution in [3.63, 3.8) is 0 Å². The maximum Gasteiger partial charge on any atom is 0.307 e. The molecule has 0 spiro atoms. The number of thioether (sulfide) groups is 2. The quantitative estimate of drug-likeness (QED) is 0.143. The summed E-state index contributed by atoms with van der Waals surface area (Å²) < 4.78 is 17.4. The van der Waals surface area contributed by atoms with E-state index in [1.54, 1.807) is 72.8 Å². The van der Waals surface area contributed by atoms with Crippen molar-refractivity contribution in [2.75, 3.05) is 54.3 Å². The van der Waals surface area contributed by atoms with Gasteiger partial charge in [-0.25, -0.2) is 0 Å². The van der Waals surface area contributed by atoms with Crippen molar-refractivity contribution >= 4 is 76.1 Å². The SMILES string of the molecule is O=C1COc2ccccc2C(=O)NCCCNC(=O)c2ccccc2OCC(=O)Nc2ccccc2SCC(OC(=O)CCCl)CSc2ccccc2N1. The molecule has 15 heteroatoms. The van der Waals surface area contributed by atoms with E-state index in [-0.39, 0.29) is 61.2 Å². The first-order valence-electron chi connectivity index (χ1n) is 17.1. The average molecular weight is 791 g/mol. The number of carbonyl (C=O) groups is 5. The third-order valence-corrected chi connectivity index (χ3v) is 10.3. The van der Waals surface area contributed by atoms with Crippen LogP contribution < -0.4 is 30.7 Å². The summed E-state index contributed by atoms with van der Waals surface area (Å²) >= 11 is 8.62. The molecule has 0 radical (unpaired) electrons. The highest BCUT2D eigenvalue weighted by molar-refractivity contribution is 8.00. The monoisotopic (exact) mass is 790 g/mol. The van der Waals surface area contributed by atoms with Crippen LogP contribution in [-0.4, -0.2) is 79.4 Å². The molecule has 4 N–H and O–H groups in total. The van der Waals surface area contributed by atoms with Crippen LogP contribution in [-0.2, 0) is 19.1 Å². The van der Waals surface area contributed by atoms with Gasteiger partial charge in [0.25, 0.3) is 23.6 Å². The Morgan fingerprint density at radius 2 is 1.11 bits per heavy atom. The number of para-hydroxylation sites is 4. The molecule has 54 heavy (non-hydrogen) atoms. The van der Waals surface area contributed by atoms with Gasteiger partial charge >= 0.3 is 5.97 Å². The van der Waals surface area contributed by atoms with E-state index >= 15 is 0 Å². The number of esters is 1. The topological polar surface area (TPSA) is 161 Å². The number of benzene rings is 4. The van der Waals surface area contributed by atoms with Crippen LogP contribution in [0, 0.1) is 0 Å². The smallest absolute Gasteiger partial charge is 0.307 e. The molecule has 0 unspecified atom stereocenters. The molecule has 0 bridgehead atoms. The molecule has 0 aliphatic carbocycles. The Balaban J connectivity index is 1.36. The molecule has 12 nitrogen and oxygen atoms in total. The average Bonchev–Trinajstić information content (AvgIpc) is 3.18. The number of amides is 4. The molecule has 5 rings (SSSR count). The van der Waals surface area contributed by atoms with Crippen LogP contribution in [0.5, 0.6) is 11.5 Å². The Kier molecular flexibility index (Phi) is 15.5. The lowest BCUT2D eigenvalue weighted by atomic mass is 10.2. The van der Waals surface area contributed by atoms with Gasteiger partial charge in [-0.15, -0.1) is 35.1 Å². The lowest BCUT2D eigenvalue weighted by Gasteiger charge is -2.19. The Morgan fingerprint density at radius 3 is 1.59 bits per heavy atom. The molecular weight excluding hydrogens is 752 g/mol. The van der Waals surface area contributed by atoms with Crippen LogP contribution in [0.2, 0.25) is 0 Å². The number of ether oxygens (including phenoxy) is 3. The van der Waals surface area contributed by atoms with Gasteiger partial charge in [0, 0.05) is 40.3 Å². The van der Waals surface area contributed by atoms with Gasteiger partial charge in [0.15, 0.2) is 13.2 Å². The number of fused-ring (bicyclic) bond motifs is 4. The Hall–Kier alpha value is -5.18. The predicted octanol–water partition coefficient (Wildman–Crippen LogP) is 6.01. The van der Waals surface area contributed by atoms with E-state index in [4.69, 9.17) is 25.8 Å². The fourth-order valence-electron chi connectivity index (χ4n) is 5.10. The molecule has 0 fully saturated rings. The summed E-state index contributed by atoms with van der Waals surface area (Å²) in [5.74, 6) is -0.822. The fraction of sp³-hybridized carbons (Fsp3) is 0.256. The van der Waals surface area contributed by atoms with E-state index in [1.165, 1.54) is 23.5 Å². The van der Waals surface area contributed by atoms with Gasteiger partial charge in [0.2, 0.25) is 0 Å². The van der Waals surface area contributed by atoms with E-state index < -0.39 is 35.7 Å². The molecule has 1 aliphatic heterocycles. The van der Waals surface area contributed by atoms with Crippen molar-refractivity contribution in [3.8, 4) is 11.5 Å². The molecule has 1 heterocycles. The van der Waals surface area contributed by atoms with Crippen molar-refractivity contribution in [3.05, 3.63) is 108 Å². The van der Waals surface area contributed by atoms with E-state index in [1.807, 2.05) is 24.3 Å². The maximum atomic E-state index is 13.1. The van der Waals surface area contributed by atoms with Crippen LogP contribution in [0.4, 0.5) is 11.4 Å². The standard InChI is InChI=1S/C39H39ClN4O8S2/c40-19-18-37(47)52-26-24-53-33-16-7-3-12-29(33)43-35(45)22-50-31-14-5-1-10-27(31)38(48)41-20-9-21-42-39(49)28-11-2-6-15-32(28)51-23-36(46)44-30-13-4-8-17-34(30)54-25-26/h1-8,10-17,26H,9,18-25H2,(H,41,48)(H,42,49)(H,43,45)(H,44,46). The van der Waals surface area contributed by atoms with Gasteiger partial charge in [-0.3, -0.25) is 24.0 Å². The summed E-state index contributed by atoms with van der Waals surface area (Å²) in [6.07, 6.45) is -0.0887. The van der Waals surface area contributed by atoms with E-state index in [0.717, 1.165) is 9.79 Å². The number of carbonyl (C=O) groups excluding carboxylic acids is 5. The van der Waals surface area contributed by atoms with Crippen LogP contribution in [0.25, 0.3) is 0 Å². The Bertz CT molecular complexity index is 1820. The van der Waals surface area contributed by atoms with Gasteiger partial charge < -0.3 is 35.5 Å². The number of rotatable bonds is 3. The van der Waals surface area contributed by atoms with Gasteiger partial charge in [0.1, 0.15) is 17.6 Å². The second-order valence-electron chi connectivity index (χ2n) is 11.7. The summed E-state index contributed by atoms with van der Waals surface area (Å²) in [6.45, 7) is -0.196. The van der Waals surface area contributed by atoms with Crippen molar-refractivity contribution in [2.24, 2.45) is 0 Å². The van der Waals surface area contributed by atoms with Crippen molar-refractivity contribution in [1.82, 2.24) is 10.6 Å². The first-order chi connectivity index (χ1) is 26.3. The van der Waals surface area contributed by atoms with Gasteiger partial charge in [-0.1, -0.05) is 48.5 Å². The molecule has 282 valence electrons. The van der Waals surface area contributed by atoms with Crippen LogP contribution >= 0.6 is 35.1 Å². The zero-order valence-electron chi connectivity index (χ0n) is 29.1. The van der Waals surface area contributed by atoms with Crippen molar-refractivity contribution in [1.29, 1.82) is 0 Å². The number of hydrogen-bond donors (Lipinski definition) is 4. The third kappa shape index (κ3) is 12.2.